The Hall–Kier alpha value is -3.64. The fourth-order valence-electron chi connectivity index (χ4n) is 4.80. The van der Waals surface area contributed by atoms with Crippen molar-refractivity contribution in [3.8, 4) is 0 Å². The van der Waals surface area contributed by atoms with Gasteiger partial charge in [-0.05, 0) is 49.1 Å². The second kappa shape index (κ2) is 8.29. The smallest absolute Gasteiger partial charge is 0.273 e. The van der Waals surface area contributed by atoms with Gasteiger partial charge in [-0.25, -0.2) is 12.4 Å². The van der Waals surface area contributed by atoms with Gasteiger partial charge in [-0.2, -0.15) is 0 Å². The molecule has 5 nitrogen and oxygen atoms in total. The molecule has 6 heteroatoms. The Morgan fingerprint density at radius 1 is 0.941 bits per heavy atom. The third-order valence-corrected chi connectivity index (χ3v) is 9.40. The minimum Gasteiger partial charge on any atom is -0.327 e. The zero-order chi connectivity index (χ0) is 23.9. The van der Waals surface area contributed by atoms with Crippen LogP contribution in [-0.2, 0) is 10.0 Å². The number of aromatic amines is 1. The summed E-state index contributed by atoms with van der Waals surface area (Å²) < 4.78 is 27.8. The maximum absolute atomic E-state index is 13.9. The lowest BCUT2D eigenvalue weighted by molar-refractivity contribution is 0.545. The first-order chi connectivity index (χ1) is 16.3. The van der Waals surface area contributed by atoms with Crippen LogP contribution in [0.2, 0.25) is 0 Å². The average molecular weight is 471 g/mol. The van der Waals surface area contributed by atoms with E-state index in [1.807, 2.05) is 55.5 Å². The Balaban J connectivity index is 1.59. The highest BCUT2D eigenvalue weighted by atomic mass is 32.2. The zero-order valence-corrected chi connectivity index (χ0v) is 19.9. The summed E-state index contributed by atoms with van der Waals surface area (Å²) in [6, 6.07) is 23.9. The molecule has 0 radical (unpaired) electrons. The van der Waals surface area contributed by atoms with Crippen LogP contribution in [0.1, 0.15) is 37.3 Å². The summed E-state index contributed by atoms with van der Waals surface area (Å²) in [7, 11) is -3.91. The molecule has 1 aliphatic rings. The van der Waals surface area contributed by atoms with Crippen molar-refractivity contribution >= 4 is 20.9 Å². The van der Waals surface area contributed by atoms with Crippen molar-refractivity contribution < 1.29 is 8.42 Å². The lowest BCUT2D eigenvalue weighted by Crippen LogP contribution is -2.42. The zero-order valence-electron chi connectivity index (χ0n) is 19.1. The van der Waals surface area contributed by atoms with Crippen LogP contribution in [0.5, 0.6) is 0 Å². The molecular formula is C28H26N2O3S. The molecule has 1 aliphatic carbocycles. The van der Waals surface area contributed by atoms with E-state index < -0.39 is 20.3 Å². The molecule has 2 aromatic carbocycles. The van der Waals surface area contributed by atoms with Crippen molar-refractivity contribution in [3.63, 3.8) is 0 Å². The minimum atomic E-state index is -3.91. The summed E-state index contributed by atoms with van der Waals surface area (Å²) in [5.74, 6) is -0.000132. The molecule has 0 aliphatic heterocycles. The first-order valence-electron chi connectivity index (χ1n) is 11.3. The maximum atomic E-state index is 13.9. The number of rotatable bonds is 5. The van der Waals surface area contributed by atoms with Crippen molar-refractivity contribution in [2.75, 3.05) is 0 Å². The van der Waals surface area contributed by atoms with Gasteiger partial charge >= 0.3 is 0 Å². The van der Waals surface area contributed by atoms with Crippen molar-refractivity contribution in [2.45, 2.75) is 30.9 Å². The molecule has 1 N–H and O–H groups in total. The predicted molar refractivity (Wildman–Crippen MR) is 136 cm³/mol. The molecular weight excluding hydrogens is 444 g/mol. The fraction of sp³-hybridized carbons (Fsp3) is 0.179. The Labute approximate surface area is 199 Å². The summed E-state index contributed by atoms with van der Waals surface area (Å²) in [6.07, 6.45) is 7.35. The molecule has 4 aromatic rings. The second-order valence-electron chi connectivity index (χ2n) is 8.95. The van der Waals surface area contributed by atoms with E-state index in [4.69, 9.17) is 0 Å². The van der Waals surface area contributed by atoms with Crippen molar-refractivity contribution in [1.82, 2.24) is 8.96 Å². The van der Waals surface area contributed by atoms with E-state index >= 15 is 0 Å². The maximum Gasteiger partial charge on any atom is 0.273 e. The first-order valence-corrected chi connectivity index (χ1v) is 12.7. The summed E-state index contributed by atoms with van der Waals surface area (Å²) in [5, 5.41) is 0.595. The lowest BCUT2D eigenvalue weighted by atomic mass is 9.79. The van der Waals surface area contributed by atoms with Crippen LogP contribution in [0.3, 0.4) is 0 Å². The van der Waals surface area contributed by atoms with E-state index in [9.17, 15) is 13.2 Å². The molecule has 0 saturated heterocycles. The molecule has 1 atom stereocenters. The van der Waals surface area contributed by atoms with Crippen LogP contribution < -0.4 is 5.56 Å². The molecule has 1 unspecified atom stereocenters. The number of benzene rings is 2. The highest BCUT2D eigenvalue weighted by Crippen LogP contribution is 2.42. The summed E-state index contributed by atoms with van der Waals surface area (Å²) >= 11 is 0. The number of nitrogens with zero attached hydrogens (tertiary/aromatic N) is 1. The van der Waals surface area contributed by atoms with Crippen molar-refractivity contribution in [1.29, 1.82) is 0 Å². The van der Waals surface area contributed by atoms with E-state index in [1.54, 1.807) is 19.1 Å². The number of hydrogen-bond acceptors (Lipinski definition) is 3. The van der Waals surface area contributed by atoms with Gasteiger partial charge in [-0.3, -0.25) is 4.79 Å². The van der Waals surface area contributed by atoms with E-state index in [0.717, 1.165) is 26.2 Å². The Bertz CT molecular complexity index is 1540. The van der Waals surface area contributed by atoms with Gasteiger partial charge in [-0.15, -0.1) is 0 Å². The highest BCUT2D eigenvalue weighted by Gasteiger charge is 2.44. The number of nitrogens with one attached hydrogen (secondary N) is 1. The lowest BCUT2D eigenvalue weighted by Gasteiger charge is -2.34. The quantitative estimate of drug-likeness (QED) is 0.426. The summed E-state index contributed by atoms with van der Waals surface area (Å²) in [4.78, 5) is 15.1. The van der Waals surface area contributed by atoms with Crippen LogP contribution in [0.4, 0.5) is 0 Å². The minimum absolute atomic E-state index is 0.000132. The van der Waals surface area contributed by atoms with Gasteiger partial charge in [0, 0.05) is 23.7 Å². The molecule has 172 valence electrons. The normalized spacial score (nSPS) is 18.7. The van der Waals surface area contributed by atoms with E-state index in [-0.39, 0.29) is 11.4 Å². The van der Waals surface area contributed by atoms with E-state index in [2.05, 4.69) is 29.2 Å². The standard InChI is InChI=1S/C28H26N2O3S/c1-20-19-24(25(21-9-5-3-6-10-21)22-11-7-4-8-12-22)13-16-28(20,2)34(32,33)30-18-15-23-14-17-29-27(31)26(23)30/h3-15,17-19,25H,16H2,1-2H3,(H,29,31). The number of pyridine rings is 1. The van der Waals surface area contributed by atoms with Gasteiger partial charge in [0.15, 0.2) is 0 Å². The SMILES string of the molecule is CC1=CC(C(c2ccccc2)c2ccccc2)=CCC1(C)S(=O)(=O)n1ccc2cc[nH]c(=O)c21. The Morgan fingerprint density at radius 3 is 2.15 bits per heavy atom. The largest absolute Gasteiger partial charge is 0.327 e. The molecule has 2 heterocycles. The third-order valence-electron chi connectivity index (χ3n) is 6.95. The van der Waals surface area contributed by atoms with Crippen molar-refractivity contribution in [3.05, 3.63) is 130 Å². The first kappa shape index (κ1) is 22.2. The number of H-pyrrole nitrogens is 1. The number of aromatic nitrogens is 2. The van der Waals surface area contributed by atoms with Crippen LogP contribution in [-0.4, -0.2) is 22.1 Å². The van der Waals surface area contributed by atoms with Crippen LogP contribution in [0.15, 0.2) is 113 Å². The molecule has 0 fully saturated rings. The molecule has 0 spiro atoms. The van der Waals surface area contributed by atoms with Gasteiger partial charge in [0.2, 0.25) is 10.0 Å². The predicted octanol–water partition coefficient (Wildman–Crippen LogP) is 5.37. The highest BCUT2D eigenvalue weighted by molar-refractivity contribution is 7.91. The third kappa shape index (κ3) is 3.46. The molecule has 0 saturated carbocycles. The van der Waals surface area contributed by atoms with Crippen molar-refractivity contribution in [2.24, 2.45) is 0 Å². The van der Waals surface area contributed by atoms with Gasteiger partial charge in [0.05, 0.1) is 0 Å². The second-order valence-corrected chi connectivity index (χ2v) is 11.2. The van der Waals surface area contributed by atoms with Crippen LogP contribution >= 0.6 is 0 Å². The molecule has 34 heavy (non-hydrogen) atoms. The molecule has 0 bridgehead atoms. The van der Waals surface area contributed by atoms with Crippen LogP contribution in [0.25, 0.3) is 10.9 Å². The molecule has 5 rings (SSSR count). The van der Waals surface area contributed by atoms with Gasteiger partial charge in [0.25, 0.3) is 5.56 Å². The van der Waals surface area contributed by atoms with E-state index in [1.165, 1.54) is 12.4 Å². The number of fused-ring (bicyclic) bond motifs is 1. The Morgan fingerprint density at radius 2 is 1.56 bits per heavy atom. The molecule has 2 aromatic heterocycles. The number of hydrogen-bond donors (Lipinski definition) is 1. The van der Waals surface area contributed by atoms with Crippen LogP contribution in [0, 0.1) is 0 Å². The summed E-state index contributed by atoms with van der Waals surface area (Å²) in [5.41, 5.74) is 3.85. The monoisotopic (exact) mass is 470 g/mol. The number of allylic oxidation sites excluding steroid dienone is 3. The fourth-order valence-corrected chi connectivity index (χ4v) is 6.64. The average Bonchev–Trinajstić information content (AvgIpc) is 3.29. The van der Waals surface area contributed by atoms with Gasteiger partial charge in [0.1, 0.15) is 10.3 Å². The topological polar surface area (TPSA) is 71.9 Å². The van der Waals surface area contributed by atoms with Gasteiger partial charge < -0.3 is 4.98 Å². The van der Waals surface area contributed by atoms with Gasteiger partial charge in [-0.1, -0.05) is 78.4 Å². The van der Waals surface area contributed by atoms with E-state index in [0.29, 0.717) is 11.8 Å². The summed E-state index contributed by atoms with van der Waals surface area (Å²) in [6.45, 7) is 3.61. The molecule has 0 amide bonds. The Kier molecular flexibility index (Phi) is 5.41.